The van der Waals surface area contributed by atoms with Crippen LogP contribution < -0.4 is 0 Å². The molecule has 5 nitrogen and oxygen atoms in total. The van der Waals surface area contributed by atoms with Crippen LogP contribution in [0.25, 0.3) is 0 Å². The maximum Gasteiger partial charge on any atom is 0.264 e. The molecule has 1 amide bonds. The number of benzene rings is 1. The number of methoxy groups -OCH3 is 1. The molecular weight excluding hydrogens is 368 g/mol. The minimum Gasteiger partial charge on any atom is -0.383 e. The summed E-state index contributed by atoms with van der Waals surface area (Å²) in [5.74, 6) is -1.79. The molecule has 1 rings (SSSR count). The van der Waals surface area contributed by atoms with Crippen molar-refractivity contribution in [2.75, 3.05) is 27.3 Å². The minimum absolute atomic E-state index is 0.207. The molecule has 0 unspecified atom stereocenters. The Morgan fingerprint density at radius 2 is 1.95 bits per heavy atom. The van der Waals surface area contributed by atoms with Gasteiger partial charge in [-0.1, -0.05) is 23.2 Å². The molecule has 0 radical (unpaired) electrons. The Hall–Kier alpha value is -0.600. The molecule has 0 heterocycles. The SMILES string of the molecule is COCCN(C)C(=O)c1cc(F)c(Cl)c(S(=O)(=O)Cl)c1Cl. The highest BCUT2D eigenvalue weighted by Crippen LogP contribution is 2.36. The number of rotatable bonds is 5. The number of hydrogen-bond donors (Lipinski definition) is 0. The summed E-state index contributed by atoms with van der Waals surface area (Å²) in [5, 5.41) is -1.28. The summed E-state index contributed by atoms with van der Waals surface area (Å²) in [5.41, 5.74) is -0.351. The number of likely N-dealkylation sites (N-methyl/N-ethyl adjacent to an activating group) is 1. The van der Waals surface area contributed by atoms with Crippen molar-refractivity contribution in [2.24, 2.45) is 0 Å². The van der Waals surface area contributed by atoms with Crippen LogP contribution >= 0.6 is 33.9 Å². The quantitative estimate of drug-likeness (QED) is 0.584. The number of nitrogens with zero attached hydrogens (tertiary/aromatic N) is 1. The van der Waals surface area contributed by atoms with Gasteiger partial charge in [0, 0.05) is 31.4 Å². The van der Waals surface area contributed by atoms with Gasteiger partial charge in [0.25, 0.3) is 15.0 Å². The van der Waals surface area contributed by atoms with Gasteiger partial charge in [0.1, 0.15) is 10.7 Å². The third kappa shape index (κ3) is 4.20. The van der Waals surface area contributed by atoms with Crippen molar-refractivity contribution in [3.05, 3.63) is 27.5 Å². The summed E-state index contributed by atoms with van der Waals surface area (Å²) >= 11 is 11.4. The van der Waals surface area contributed by atoms with Crippen molar-refractivity contribution < 1.29 is 22.3 Å². The van der Waals surface area contributed by atoms with Crippen LogP contribution in [0.1, 0.15) is 10.4 Å². The Kier molecular flexibility index (Phi) is 6.24. The lowest BCUT2D eigenvalue weighted by Crippen LogP contribution is -2.30. The molecule has 0 fully saturated rings. The molecule has 0 N–H and O–H groups in total. The Balaban J connectivity index is 3.39. The fourth-order valence-corrected chi connectivity index (χ4v) is 3.86. The second kappa shape index (κ2) is 7.11. The first-order valence-electron chi connectivity index (χ1n) is 5.47. The zero-order chi connectivity index (χ0) is 16.4. The van der Waals surface area contributed by atoms with Crippen molar-refractivity contribution in [2.45, 2.75) is 4.90 Å². The summed E-state index contributed by atoms with van der Waals surface area (Å²) in [6.45, 7) is 0.454. The third-order valence-electron chi connectivity index (χ3n) is 2.57. The monoisotopic (exact) mass is 377 g/mol. The molecule has 10 heteroatoms. The van der Waals surface area contributed by atoms with Crippen molar-refractivity contribution in [1.82, 2.24) is 4.90 Å². The van der Waals surface area contributed by atoms with Crippen LogP contribution in [0.5, 0.6) is 0 Å². The number of halogens is 4. The highest BCUT2D eigenvalue weighted by Gasteiger charge is 2.28. The van der Waals surface area contributed by atoms with Crippen molar-refractivity contribution in [3.8, 4) is 0 Å². The van der Waals surface area contributed by atoms with Gasteiger partial charge in [-0.25, -0.2) is 12.8 Å². The second-order valence-corrected chi connectivity index (χ2v) is 7.28. The van der Waals surface area contributed by atoms with Crippen LogP contribution in [0.4, 0.5) is 4.39 Å². The summed E-state index contributed by atoms with van der Waals surface area (Å²) in [4.78, 5) is 12.5. The molecule has 0 aliphatic heterocycles. The fraction of sp³-hybridized carbons (Fsp3) is 0.364. The van der Waals surface area contributed by atoms with Gasteiger partial charge in [0.05, 0.1) is 22.2 Å². The number of carbonyl (C=O) groups is 1. The second-order valence-electron chi connectivity index (χ2n) is 4.02. The normalized spacial score (nSPS) is 11.5. The average molecular weight is 379 g/mol. The molecule has 0 atom stereocenters. The highest BCUT2D eigenvalue weighted by atomic mass is 35.7. The molecule has 0 saturated heterocycles. The summed E-state index contributed by atoms with van der Waals surface area (Å²) < 4.78 is 41.4. The summed E-state index contributed by atoms with van der Waals surface area (Å²) in [6, 6.07) is 0.766. The lowest BCUT2D eigenvalue weighted by Gasteiger charge is -2.18. The molecular formula is C11H11Cl3FNO4S. The van der Waals surface area contributed by atoms with E-state index in [0.29, 0.717) is 0 Å². The van der Waals surface area contributed by atoms with Crippen LogP contribution in [-0.4, -0.2) is 46.5 Å². The van der Waals surface area contributed by atoms with E-state index >= 15 is 0 Å². The molecule has 0 aliphatic rings. The van der Waals surface area contributed by atoms with E-state index in [1.54, 1.807) is 0 Å². The Morgan fingerprint density at radius 1 is 1.38 bits per heavy atom. The topological polar surface area (TPSA) is 63.7 Å². The van der Waals surface area contributed by atoms with E-state index in [1.165, 1.54) is 19.1 Å². The van der Waals surface area contributed by atoms with Crippen molar-refractivity contribution >= 4 is 48.8 Å². The molecule has 21 heavy (non-hydrogen) atoms. The van der Waals surface area contributed by atoms with E-state index in [2.05, 4.69) is 0 Å². The van der Waals surface area contributed by atoms with Crippen LogP contribution in [0, 0.1) is 5.82 Å². The lowest BCUT2D eigenvalue weighted by atomic mass is 10.2. The van der Waals surface area contributed by atoms with Crippen LogP contribution in [0.2, 0.25) is 10.0 Å². The molecule has 1 aromatic rings. The third-order valence-corrected chi connectivity index (χ3v) is 4.91. The minimum atomic E-state index is -4.41. The standard InChI is InChI=1S/C11H11Cl3FNO4S/c1-16(3-4-20-2)11(17)6-5-7(15)9(13)10(8(6)12)21(14,18)19/h5H,3-4H2,1-2H3. The number of carbonyl (C=O) groups excluding carboxylic acids is 1. The van der Waals surface area contributed by atoms with Gasteiger partial charge in [-0.3, -0.25) is 4.79 Å². The number of ether oxygens (including phenoxy) is 1. The maximum atomic E-state index is 13.7. The van der Waals surface area contributed by atoms with E-state index in [9.17, 15) is 17.6 Å². The van der Waals surface area contributed by atoms with E-state index < -0.39 is 35.7 Å². The van der Waals surface area contributed by atoms with Gasteiger partial charge in [0.2, 0.25) is 0 Å². The van der Waals surface area contributed by atoms with E-state index in [1.807, 2.05) is 0 Å². The van der Waals surface area contributed by atoms with Gasteiger partial charge in [-0.15, -0.1) is 0 Å². The first kappa shape index (κ1) is 18.4. The molecule has 0 aromatic heterocycles. The summed E-state index contributed by atoms with van der Waals surface area (Å²) in [7, 11) is 3.64. The van der Waals surface area contributed by atoms with Gasteiger partial charge in [-0.05, 0) is 6.07 Å². The molecule has 0 aliphatic carbocycles. The highest BCUT2D eigenvalue weighted by molar-refractivity contribution is 8.14. The maximum absolute atomic E-state index is 13.7. The van der Waals surface area contributed by atoms with Crippen LogP contribution in [0.15, 0.2) is 11.0 Å². The first-order valence-corrected chi connectivity index (χ1v) is 8.54. The Labute approximate surface area is 135 Å². The van der Waals surface area contributed by atoms with Crippen molar-refractivity contribution in [1.29, 1.82) is 0 Å². The van der Waals surface area contributed by atoms with Gasteiger partial charge >= 0.3 is 0 Å². The number of amides is 1. The van der Waals surface area contributed by atoms with Gasteiger partial charge in [0.15, 0.2) is 0 Å². The zero-order valence-corrected chi connectivity index (χ0v) is 14.1. The van der Waals surface area contributed by atoms with E-state index in [0.717, 1.165) is 6.07 Å². The smallest absolute Gasteiger partial charge is 0.264 e. The van der Waals surface area contributed by atoms with Crippen molar-refractivity contribution in [3.63, 3.8) is 0 Å². The summed E-state index contributed by atoms with van der Waals surface area (Å²) in [6.07, 6.45) is 0. The van der Waals surface area contributed by atoms with Crippen LogP contribution in [0.3, 0.4) is 0 Å². The Bertz CT molecular complexity index is 666. The van der Waals surface area contributed by atoms with E-state index in [-0.39, 0.29) is 18.7 Å². The molecule has 0 spiro atoms. The lowest BCUT2D eigenvalue weighted by molar-refractivity contribution is 0.0743. The molecule has 118 valence electrons. The zero-order valence-electron chi connectivity index (χ0n) is 11.0. The van der Waals surface area contributed by atoms with Gasteiger partial charge < -0.3 is 9.64 Å². The number of hydrogen-bond acceptors (Lipinski definition) is 4. The fourth-order valence-electron chi connectivity index (χ4n) is 1.49. The average Bonchev–Trinajstić information content (AvgIpc) is 2.38. The Morgan fingerprint density at radius 3 is 2.43 bits per heavy atom. The molecule has 0 bridgehead atoms. The van der Waals surface area contributed by atoms with E-state index in [4.69, 9.17) is 38.6 Å². The molecule has 0 saturated carbocycles. The largest absolute Gasteiger partial charge is 0.383 e. The van der Waals surface area contributed by atoms with Gasteiger partial charge in [-0.2, -0.15) is 0 Å². The molecule has 1 aromatic carbocycles. The first-order chi connectivity index (χ1) is 9.61. The van der Waals surface area contributed by atoms with Crippen LogP contribution in [-0.2, 0) is 13.8 Å². The predicted molar refractivity (Wildman–Crippen MR) is 78.3 cm³/mol. The predicted octanol–water partition coefficient (Wildman–Crippen LogP) is 2.78.